The summed E-state index contributed by atoms with van der Waals surface area (Å²) >= 11 is 0. The highest BCUT2D eigenvalue weighted by atomic mass is 16.5. The number of hydrogen-bond acceptors (Lipinski definition) is 7. The number of anilines is 1. The van der Waals surface area contributed by atoms with E-state index in [0.29, 0.717) is 18.0 Å². The van der Waals surface area contributed by atoms with E-state index in [2.05, 4.69) is 37.1 Å². The molecule has 0 bridgehead atoms. The molecule has 2 fully saturated rings. The Kier molecular flexibility index (Phi) is 5.89. The van der Waals surface area contributed by atoms with Gasteiger partial charge in [0.25, 0.3) is 0 Å². The van der Waals surface area contributed by atoms with E-state index < -0.39 is 0 Å². The first-order valence-electron chi connectivity index (χ1n) is 9.93. The zero-order valence-electron chi connectivity index (χ0n) is 16.0. The van der Waals surface area contributed by atoms with Gasteiger partial charge in [0.1, 0.15) is 6.33 Å². The maximum Gasteiger partial charge on any atom is 0.222 e. The van der Waals surface area contributed by atoms with Crippen LogP contribution in [0, 0.1) is 6.92 Å². The second-order valence-electron chi connectivity index (χ2n) is 7.57. The highest BCUT2D eigenvalue weighted by Gasteiger charge is 2.23. The predicted molar refractivity (Wildman–Crippen MR) is 104 cm³/mol. The quantitative estimate of drug-likeness (QED) is 0.840. The Hall–Kier alpha value is -2.12. The Morgan fingerprint density at radius 1 is 1.11 bits per heavy atom. The minimum atomic E-state index is 0.299. The molecule has 0 radical (unpaired) electrons. The summed E-state index contributed by atoms with van der Waals surface area (Å²) in [5, 5.41) is 3.27. The van der Waals surface area contributed by atoms with Crippen LogP contribution in [0.2, 0.25) is 0 Å². The summed E-state index contributed by atoms with van der Waals surface area (Å²) in [7, 11) is 0. The number of nitrogens with one attached hydrogen (secondary N) is 1. The summed E-state index contributed by atoms with van der Waals surface area (Å²) in [6.07, 6.45) is 12.3. The molecule has 27 heavy (non-hydrogen) atoms. The third-order valence-electron chi connectivity index (χ3n) is 5.53. The predicted octanol–water partition coefficient (Wildman–Crippen LogP) is 2.55. The maximum atomic E-state index is 5.61. The molecular weight excluding hydrogens is 340 g/mol. The van der Waals surface area contributed by atoms with Gasteiger partial charge in [-0.05, 0) is 51.3 Å². The van der Waals surface area contributed by atoms with Crippen molar-refractivity contribution in [3.8, 4) is 0 Å². The van der Waals surface area contributed by atoms with Crippen molar-refractivity contribution >= 4 is 5.95 Å². The van der Waals surface area contributed by atoms with Crippen molar-refractivity contribution in [3.63, 3.8) is 0 Å². The van der Waals surface area contributed by atoms with E-state index in [9.17, 15) is 0 Å². The Labute approximate surface area is 160 Å². The lowest BCUT2D eigenvalue weighted by molar-refractivity contribution is 0.120. The zero-order chi connectivity index (χ0) is 18.5. The fourth-order valence-electron chi connectivity index (χ4n) is 4.00. The molecule has 2 aromatic heterocycles. The van der Waals surface area contributed by atoms with Crippen molar-refractivity contribution in [3.05, 3.63) is 41.7 Å². The van der Waals surface area contributed by atoms with E-state index in [4.69, 9.17) is 4.74 Å². The molecule has 0 saturated carbocycles. The van der Waals surface area contributed by atoms with E-state index in [1.54, 1.807) is 6.33 Å². The highest BCUT2D eigenvalue weighted by molar-refractivity contribution is 5.25. The molecule has 144 valence electrons. The van der Waals surface area contributed by atoms with Crippen LogP contribution in [-0.4, -0.2) is 57.2 Å². The van der Waals surface area contributed by atoms with Crippen LogP contribution in [0.1, 0.15) is 48.4 Å². The number of likely N-dealkylation sites (tertiary alicyclic amines) is 1. The number of piperidine rings is 1. The standard InChI is InChI=1S/C20H28N6O/c1-15-9-21-14-25-19(15)17-4-6-26(7-5-17)13-16-10-22-20(23-11-16)24-12-18-3-2-8-27-18/h9-11,14,17-18H,2-8,12-13H2,1H3,(H,22,23,24). The smallest absolute Gasteiger partial charge is 0.222 e. The minimum Gasteiger partial charge on any atom is -0.376 e. The molecule has 4 rings (SSSR count). The Morgan fingerprint density at radius 2 is 1.93 bits per heavy atom. The molecule has 4 heterocycles. The molecule has 1 unspecified atom stereocenters. The molecule has 1 atom stereocenters. The molecule has 2 aliphatic rings. The van der Waals surface area contributed by atoms with Gasteiger partial charge >= 0.3 is 0 Å². The molecule has 2 saturated heterocycles. The van der Waals surface area contributed by atoms with Gasteiger partial charge in [0.15, 0.2) is 0 Å². The number of nitrogens with zero attached hydrogens (tertiary/aromatic N) is 5. The normalized spacial score (nSPS) is 21.4. The van der Waals surface area contributed by atoms with Gasteiger partial charge < -0.3 is 10.1 Å². The molecule has 0 aromatic carbocycles. The summed E-state index contributed by atoms with van der Waals surface area (Å²) in [6.45, 7) is 6.82. The molecule has 2 aliphatic heterocycles. The molecule has 0 spiro atoms. The summed E-state index contributed by atoms with van der Waals surface area (Å²) in [6, 6.07) is 0. The lowest BCUT2D eigenvalue weighted by Gasteiger charge is -2.32. The van der Waals surface area contributed by atoms with Crippen molar-refractivity contribution in [1.82, 2.24) is 24.8 Å². The number of ether oxygens (including phenoxy) is 1. The summed E-state index contributed by atoms with van der Waals surface area (Å²) in [5.74, 6) is 1.23. The Bertz CT molecular complexity index is 724. The molecule has 2 aromatic rings. The van der Waals surface area contributed by atoms with Gasteiger partial charge in [-0.15, -0.1) is 0 Å². The minimum absolute atomic E-state index is 0.299. The second kappa shape index (κ2) is 8.71. The molecule has 7 heteroatoms. The largest absolute Gasteiger partial charge is 0.376 e. The molecule has 0 amide bonds. The van der Waals surface area contributed by atoms with Crippen LogP contribution >= 0.6 is 0 Å². The fraction of sp³-hybridized carbons (Fsp3) is 0.600. The van der Waals surface area contributed by atoms with Crippen LogP contribution < -0.4 is 5.32 Å². The molecule has 0 aliphatic carbocycles. The first kappa shape index (κ1) is 18.3. The van der Waals surface area contributed by atoms with E-state index in [0.717, 1.165) is 64.0 Å². The fourth-order valence-corrected chi connectivity index (χ4v) is 4.00. The summed E-state index contributed by atoms with van der Waals surface area (Å²) in [4.78, 5) is 20.0. The molecule has 7 nitrogen and oxygen atoms in total. The van der Waals surface area contributed by atoms with Crippen LogP contribution in [0.3, 0.4) is 0 Å². The van der Waals surface area contributed by atoms with Gasteiger partial charge in [-0.25, -0.2) is 19.9 Å². The Morgan fingerprint density at radius 3 is 2.63 bits per heavy atom. The van der Waals surface area contributed by atoms with Gasteiger partial charge in [-0.1, -0.05) is 0 Å². The van der Waals surface area contributed by atoms with Gasteiger partial charge in [-0.3, -0.25) is 4.90 Å². The summed E-state index contributed by atoms with van der Waals surface area (Å²) in [5.41, 5.74) is 3.58. The first-order valence-corrected chi connectivity index (χ1v) is 9.93. The van der Waals surface area contributed by atoms with Gasteiger partial charge in [0.2, 0.25) is 5.95 Å². The van der Waals surface area contributed by atoms with Crippen LogP contribution in [0.15, 0.2) is 24.9 Å². The van der Waals surface area contributed by atoms with Crippen LogP contribution in [0.4, 0.5) is 5.95 Å². The van der Waals surface area contributed by atoms with Crippen molar-refractivity contribution in [2.75, 3.05) is 31.6 Å². The van der Waals surface area contributed by atoms with Crippen molar-refractivity contribution in [1.29, 1.82) is 0 Å². The van der Waals surface area contributed by atoms with E-state index >= 15 is 0 Å². The molecule has 1 N–H and O–H groups in total. The van der Waals surface area contributed by atoms with Crippen molar-refractivity contribution in [2.24, 2.45) is 0 Å². The van der Waals surface area contributed by atoms with Gasteiger partial charge in [0, 0.05) is 55.5 Å². The van der Waals surface area contributed by atoms with E-state index in [1.165, 1.54) is 11.3 Å². The SMILES string of the molecule is Cc1cncnc1C1CCN(Cc2cnc(NCC3CCCO3)nc2)CC1. The van der Waals surface area contributed by atoms with Crippen molar-refractivity contribution in [2.45, 2.75) is 51.2 Å². The van der Waals surface area contributed by atoms with Crippen LogP contribution in [0.5, 0.6) is 0 Å². The third-order valence-corrected chi connectivity index (χ3v) is 5.53. The average Bonchev–Trinajstić information content (AvgIpc) is 3.22. The van der Waals surface area contributed by atoms with Crippen LogP contribution in [0.25, 0.3) is 0 Å². The van der Waals surface area contributed by atoms with Gasteiger partial charge in [0.05, 0.1) is 6.10 Å². The zero-order valence-corrected chi connectivity index (χ0v) is 16.0. The van der Waals surface area contributed by atoms with E-state index in [-0.39, 0.29) is 0 Å². The topological polar surface area (TPSA) is 76.1 Å². The maximum absolute atomic E-state index is 5.61. The monoisotopic (exact) mass is 368 g/mol. The first-order chi connectivity index (χ1) is 13.3. The van der Waals surface area contributed by atoms with Crippen LogP contribution in [-0.2, 0) is 11.3 Å². The molecular formula is C20H28N6O. The Balaban J connectivity index is 1.24. The number of aryl methyl sites for hydroxylation is 1. The number of hydrogen-bond donors (Lipinski definition) is 1. The van der Waals surface area contributed by atoms with Gasteiger partial charge in [-0.2, -0.15) is 0 Å². The number of rotatable bonds is 6. The second-order valence-corrected chi connectivity index (χ2v) is 7.57. The third kappa shape index (κ3) is 4.78. The summed E-state index contributed by atoms with van der Waals surface area (Å²) < 4.78 is 5.61. The number of aromatic nitrogens is 4. The average molecular weight is 368 g/mol. The van der Waals surface area contributed by atoms with Crippen molar-refractivity contribution < 1.29 is 4.74 Å². The lowest BCUT2D eigenvalue weighted by Crippen LogP contribution is -2.33. The van der Waals surface area contributed by atoms with E-state index in [1.807, 2.05) is 18.6 Å². The highest BCUT2D eigenvalue weighted by Crippen LogP contribution is 2.28. The lowest BCUT2D eigenvalue weighted by atomic mass is 9.91.